The highest BCUT2D eigenvalue weighted by Gasteiger charge is 2.45. The second-order valence-corrected chi connectivity index (χ2v) is 5.51. The molecule has 1 fully saturated rings. The zero-order valence-electron chi connectivity index (χ0n) is 14.1. The number of carbonyl (C=O) groups excluding carboxylic acids is 1. The summed E-state index contributed by atoms with van der Waals surface area (Å²) in [5.74, 6) is 0.372. The van der Waals surface area contributed by atoms with Gasteiger partial charge in [0.05, 0.1) is 27.2 Å². The minimum absolute atomic E-state index is 0.00992. The van der Waals surface area contributed by atoms with Crippen molar-refractivity contribution in [2.24, 2.45) is 0 Å². The van der Waals surface area contributed by atoms with Crippen LogP contribution in [0.3, 0.4) is 0 Å². The monoisotopic (exact) mass is 339 g/mol. The van der Waals surface area contributed by atoms with Gasteiger partial charge in [0.25, 0.3) is 0 Å². The maximum atomic E-state index is 12.2. The fraction of sp³-hybridized carbons (Fsp3) is 0.562. The van der Waals surface area contributed by atoms with Crippen molar-refractivity contribution in [1.29, 1.82) is 0 Å². The molecule has 0 bridgehead atoms. The summed E-state index contributed by atoms with van der Waals surface area (Å²) in [5.41, 5.74) is 0.555. The Kier molecular flexibility index (Phi) is 5.61. The molecule has 0 aromatic heterocycles. The number of methoxy groups -OCH3 is 4. The summed E-state index contributed by atoms with van der Waals surface area (Å²) in [4.78, 5) is 23.4. The van der Waals surface area contributed by atoms with Crippen molar-refractivity contribution in [3.05, 3.63) is 27.8 Å². The van der Waals surface area contributed by atoms with Crippen LogP contribution in [0.4, 0.5) is 0 Å². The van der Waals surface area contributed by atoms with E-state index in [2.05, 4.69) is 0 Å². The van der Waals surface area contributed by atoms with Crippen molar-refractivity contribution in [2.75, 3.05) is 28.4 Å². The van der Waals surface area contributed by atoms with Gasteiger partial charge in [-0.1, -0.05) is 6.07 Å². The van der Waals surface area contributed by atoms with Gasteiger partial charge in [0, 0.05) is 30.4 Å². The predicted octanol–water partition coefficient (Wildman–Crippen LogP) is 1.82. The number of benzene rings is 1. The molecule has 8 heteroatoms. The summed E-state index contributed by atoms with van der Waals surface area (Å²) in [6, 6.07) is 2.39. The van der Waals surface area contributed by atoms with Gasteiger partial charge in [-0.3, -0.25) is 14.9 Å². The number of Topliss-reactive ketones (excluding diaryl/α,β-unsaturated/α-hetero) is 1. The molecule has 0 saturated heterocycles. The van der Waals surface area contributed by atoms with Gasteiger partial charge >= 0.3 is 0 Å². The van der Waals surface area contributed by atoms with Crippen LogP contribution in [0.1, 0.15) is 24.3 Å². The number of nitro groups is 1. The molecule has 1 aromatic rings. The third-order valence-electron chi connectivity index (χ3n) is 4.39. The number of nitrogens with zero attached hydrogens (tertiary/aromatic N) is 1. The Morgan fingerprint density at radius 3 is 2.25 bits per heavy atom. The molecule has 0 radical (unpaired) electrons. The Morgan fingerprint density at radius 2 is 1.75 bits per heavy atom. The van der Waals surface area contributed by atoms with Crippen LogP contribution in [0.25, 0.3) is 0 Å². The van der Waals surface area contributed by atoms with Gasteiger partial charge in [-0.2, -0.15) is 0 Å². The van der Waals surface area contributed by atoms with Gasteiger partial charge in [-0.05, 0) is 6.07 Å². The summed E-state index contributed by atoms with van der Waals surface area (Å²) in [6.45, 7) is 0. The Bertz CT molecular complexity index is 631. The van der Waals surface area contributed by atoms with Gasteiger partial charge in [0.1, 0.15) is 6.10 Å². The molecule has 0 heterocycles. The zero-order valence-corrected chi connectivity index (χ0v) is 14.1. The SMILES string of the molecule is COc1ccc([C@H]2CC(=O)[C@@H](OC)C[C@@H]2[N+](=O)[O-])c(OC)c1OC. The van der Waals surface area contributed by atoms with E-state index in [9.17, 15) is 14.9 Å². The van der Waals surface area contributed by atoms with E-state index >= 15 is 0 Å². The Labute approximate surface area is 139 Å². The number of rotatable bonds is 6. The van der Waals surface area contributed by atoms with Crippen LogP contribution in [0, 0.1) is 10.1 Å². The molecule has 24 heavy (non-hydrogen) atoms. The molecule has 8 nitrogen and oxygen atoms in total. The minimum Gasteiger partial charge on any atom is -0.493 e. The average molecular weight is 339 g/mol. The highest BCUT2D eigenvalue weighted by atomic mass is 16.6. The van der Waals surface area contributed by atoms with Gasteiger partial charge < -0.3 is 18.9 Å². The van der Waals surface area contributed by atoms with E-state index in [4.69, 9.17) is 18.9 Å². The molecular weight excluding hydrogens is 318 g/mol. The summed E-state index contributed by atoms with van der Waals surface area (Å²) in [5, 5.41) is 11.5. The molecule has 0 spiro atoms. The van der Waals surface area contributed by atoms with E-state index in [-0.39, 0.29) is 23.5 Å². The first-order valence-corrected chi connectivity index (χ1v) is 7.46. The second kappa shape index (κ2) is 7.48. The number of ketones is 1. The molecule has 0 aliphatic heterocycles. The van der Waals surface area contributed by atoms with E-state index in [0.29, 0.717) is 22.8 Å². The molecule has 1 saturated carbocycles. The molecule has 1 aliphatic carbocycles. The third kappa shape index (κ3) is 3.14. The van der Waals surface area contributed by atoms with Crippen molar-refractivity contribution >= 4 is 5.78 Å². The van der Waals surface area contributed by atoms with Gasteiger partial charge in [-0.15, -0.1) is 0 Å². The second-order valence-electron chi connectivity index (χ2n) is 5.51. The largest absolute Gasteiger partial charge is 0.493 e. The molecule has 0 amide bonds. The first-order chi connectivity index (χ1) is 11.5. The van der Waals surface area contributed by atoms with Crippen LogP contribution in [0.2, 0.25) is 0 Å². The molecule has 1 aromatic carbocycles. The number of hydrogen-bond acceptors (Lipinski definition) is 7. The molecule has 0 unspecified atom stereocenters. The molecule has 1 aliphatic rings. The fourth-order valence-electron chi connectivity index (χ4n) is 3.19. The minimum atomic E-state index is -0.945. The smallest absolute Gasteiger partial charge is 0.223 e. The predicted molar refractivity (Wildman–Crippen MR) is 84.7 cm³/mol. The van der Waals surface area contributed by atoms with Crippen LogP contribution in [-0.4, -0.2) is 51.3 Å². The number of carbonyl (C=O) groups is 1. The van der Waals surface area contributed by atoms with E-state index in [0.717, 1.165) is 0 Å². The molecule has 3 atom stereocenters. The molecule has 2 rings (SSSR count). The fourth-order valence-corrected chi connectivity index (χ4v) is 3.19. The van der Waals surface area contributed by atoms with Crippen LogP contribution in [0.5, 0.6) is 17.2 Å². The Hall–Kier alpha value is -2.35. The summed E-state index contributed by atoms with van der Waals surface area (Å²) in [7, 11) is 5.79. The van der Waals surface area contributed by atoms with E-state index in [1.54, 1.807) is 12.1 Å². The van der Waals surface area contributed by atoms with E-state index < -0.39 is 18.1 Å². The quantitative estimate of drug-likeness (QED) is 0.576. The van der Waals surface area contributed by atoms with Crippen molar-refractivity contribution in [1.82, 2.24) is 0 Å². The lowest BCUT2D eigenvalue weighted by molar-refractivity contribution is -0.530. The lowest BCUT2D eigenvalue weighted by atomic mass is 9.77. The third-order valence-corrected chi connectivity index (χ3v) is 4.39. The maximum Gasteiger partial charge on any atom is 0.223 e. The lowest BCUT2D eigenvalue weighted by Gasteiger charge is -2.30. The maximum absolute atomic E-state index is 12.2. The van der Waals surface area contributed by atoms with E-state index in [1.165, 1.54) is 28.4 Å². The summed E-state index contributed by atoms with van der Waals surface area (Å²) < 4.78 is 21.0. The topological polar surface area (TPSA) is 97.1 Å². The van der Waals surface area contributed by atoms with Gasteiger partial charge in [-0.25, -0.2) is 0 Å². The molecule has 132 valence electrons. The van der Waals surface area contributed by atoms with Crippen molar-refractivity contribution in [3.63, 3.8) is 0 Å². The molecular formula is C16H21NO7. The van der Waals surface area contributed by atoms with Crippen molar-refractivity contribution < 1.29 is 28.7 Å². The van der Waals surface area contributed by atoms with Gasteiger partial charge in [0.2, 0.25) is 11.8 Å². The number of hydrogen-bond donors (Lipinski definition) is 0. The normalized spacial score (nSPS) is 23.7. The van der Waals surface area contributed by atoms with Crippen LogP contribution in [-0.2, 0) is 9.53 Å². The van der Waals surface area contributed by atoms with Gasteiger partial charge in [0.15, 0.2) is 17.3 Å². The van der Waals surface area contributed by atoms with Crippen molar-refractivity contribution in [2.45, 2.75) is 30.9 Å². The van der Waals surface area contributed by atoms with Crippen LogP contribution >= 0.6 is 0 Å². The summed E-state index contributed by atoms with van der Waals surface area (Å²) >= 11 is 0. The average Bonchev–Trinajstić information content (AvgIpc) is 2.59. The Balaban J connectivity index is 2.52. The zero-order chi connectivity index (χ0) is 17.9. The highest BCUT2D eigenvalue weighted by Crippen LogP contribution is 2.46. The van der Waals surface area contributed by atoms with Crippen LogP contribution in [0.15, 0.2) is 12.1 Å². The highest BCUT2D eigenvalue weighted by molar-refractivity contribution is 5.85. The first-order valence-electron chi connectivity index (χ1n) is 7.46. The molecule has 0 N–H and O–H groups in total. The number of ether oxygens (including phenoxy) is 4. The van der Waals surface area contributed by atoms with E-state index in [1.807, 2.05) is 0 Å². The standard InChI is InChI=1S/C16H21NO7/c1-21-13-6-5-9(15(23-3)16(13)24-4)10-7-12(18)14(22-2)8-11(10)17(19)20/h5-6,10-11,14H,7-8H2,1-4H3/t10-,11+,14+/m1/s1. The van der Waals surface area contributed by atoms with Crippen LogP contribution < -0.4 is 14.2 Å². The Morgan fingerprint density at radius 1 is 1.08 bits per heavy atom. The van der Waals surface area contributed by atoms with Crippen molar-refractivity contribution in [3.8, 4) is 17.2 Å². The lowest BCUT2D eigenvalue weighted by Crippen LogP contribution is -2.42. The first kappa shape index (κ1) is 18.0. The summed E-state index contributed by atoms with van der Waals surface area (Å²) in [6.07, 6.45) is -0.705.